The van der Waals surface area contributed by atoms with Crippen LogP contribution in [0.25, 0.3) is 11.0 Å². The fourth-order valence-electron chi connectivity index (χ4n) is 3.20. The molecule has 1 heterocycles. The van der Waals surface area contributed by atoms with Crippen LogP contribution >= 0.6 is 0 Å². The molecule has 3 aromatic carbocycles. The van der Waals surface area contributed by atoms with E-state index in [9.17, 15) is 9.59 Å². The van der Waals surface area contributed by atoms with E-state index in [1.165, 1.54) is 0 Å². The Labute approximate surface area is 167 Å². The van der Waals surface area contributed by atoms with Gasteiger partial charge in [0.2, 0.25) is 0 Å². The van der Waals surface area contributed by atoms with E-state index in [0.717, 1.165) is 5.56 Å². The van der Waals surface area contributed by atoms with Crippen molar-refractivity contribution in [2.75, 3.05) is 12.0 Å². The fraction of sp³-hybridized carbons (Fsp3) is 0.0833. The van der Waals surface area contributed by atoms with E-state index in [2.05, 4.69) is 0 Å². The third-order valence-corrected chi connectivity index (χ3v) is 4.66. The molecule has 4 aromatic rings. The Morgan fingerprint density at radius 3 is 2.48 bits per heavy atom. The molecule has 1 amide bonds. The number of amides is 1. The molecule has 0 aliphatic heterocycles. The van der Waals surface area contributed by atoms with Crippen LogP contribution in [0.2, 0.25) is 0 Å². The van der Waals surface area contributed by atoms with Gasteiger partial charge in [-0.1, -0.05) is 48.5 Å². The lowest BCUT2D eigenvalue weighted by Crippen LogP contribution is -2.33. The summed E-state index contributed by atoms with van der Waals surface area (Å²) in [6, 6.07) is 25.5. The molecular weight excluding hydrogens is 366 g/mol. The lowest BCUT2D eigenvalue weighted by molar-refractivity contribution is 0.0981. The Kier molecular flexibility index (Phi) is 5.12. The largest absolute Gasteiger partial charge is 0.497 e. The van der Waals surface area contributed by atoms with Gasteiger partial charge in [-0.15, -0.1) is 0 Å². The van der Waals surface area contributed by atoms with Crippen LogP contribution < -0.4 is 15.3 Å². The smallest absolute Gasteiger partial charge is 0.349 e. The average Bonchev–Trinajstić information content (AvgIpc) is 2.77. The summed E-state index contributed by atoms with van der Waals surface area (Å²) >= 11 is 0. The van der Waals surface area contributed by atoms with Crippen LogP contribution in [0.3, 0.4) is 0 Å². The Bertz CT molecular complexity index is 1210. The van der Waals surface area contributed by atoms with Crippen LogP contribution in [-0.4, -0.2) is 13.0 Å². The standard InChI is InChI=1S/C24H19NO4/c1-28-20-12-7-8-17(14-20)16-25(19-10-3-2-4-11-19)23(26)21-15-18-9-5-6-13-22(18)29-24(21)27/h2-15H,16H2,1H3. The minimum absolute atomic E-state index is 0.00421. The van der Waals surface area contributed by atoms with Gasteiger partial charge >= 0.3 is 5.63 Å². The first-order chi connectivity index (χ1) is 14.2. The van der Waals surface area contributed by atoms with Crippen molar-refractivity contribution in [2.24, 2.45) is 0 Å². The van der Waals surface area contributed by atoms with Gasteiger partial charge in [-0.3, -0.25) is 4.79 Å². The predicted molar refractivity (Wildman–Crippen MR) is 112 cm³/mol. The van der Waals surface area contributed by atoms with Gasteiger partial charge in [-0.25, -0.2) is 4.79 Å². The fourth-order valence-corrected chi connectivity index (χ4v) is 3.20. The Balaban J connectivity index is 1.77. The van der Waals surface area contributed by atoms with Crippen LogP contribution in [0.1, 0.15) is 15.9 Å². The molecule has 5 heteroatoms. The van der Waals surface area contributed by atoms with E-state index >= 15 is 0 Å². The third kappa shape index (κ3) is 3.89. The second-order valence-corrected chi connectivity index (χ2v) is 6.56. The first kappa shape index (κ1) is 18.5. The van der Waals surface area contributed by atoms with Crippen molar-refractivity contribution in [1.29, 1.82) is 0 Å². The zero-order valence-corrected chi connectivity index (χ0v) is 15.9. The molecule has 0 fully saturated rings. The summed E-state index contributed by atoms with van der Waals surface area (Å²) in [5.41, 5.74) is 1.36. The van der Waals surface area contributed by atoms with Gasteiger partial charge in [0.25, 0.3) is 5.91 Å². The quantitative estimate of drug-likeness (QED) is 0.469. The number of hydrogen-bond donors (Lipinski definition) is 0. The highest BCUT2D eigenvalue weighted by Gasteiger charge is 2.22. The highest BCUT2D eigenvalue weighted by atomic mass is 16.5. The average molecular weight is 385 g/mol. The number of rotatable bonds is 5. The van der Waals surface area contributed by atoms with Crippen molar-refractivity contribution >= 4 is 22.6 Å². The van der Waals surface area contributed by atoms with Gasteiger partial charge in [-0.05, 0) is 42.0 Å². The van der Waals surface area contributed by atoms with E-state index in [-0.39, 0.29) is 12.1 Å². The molecule has 0 aliphatic rings. The van der Waals surface area contributed by atoms with Crippen molar-refractivity contribution in [3.63, 3.8) is 0 Å². The number of para-hydroxylation sites is 2. The van der Waals surface area contributed by atoms with E-state index in [4.69, 9.17) is 9.15 Å². The van der Waals surface area contributed by atoms with Gasteiger partial charge in [-0.2, -0.15) is 0 Å². The molecule has 0 saturated heterocycles. The van der Waals surface area contributed by atoms with Crippen molar-refractivity contribution in [1.82, 2.24) is 0 Å². The van der Waals surface area contributed by atoms with Gasteiger partial charge in [0.1, 0.15) is 16.9 Å². The molecule has 0 spiro atoms. The molecule has 0 N–H and O–H groups in total. The van der Waals surface area contributed by atoms with E-state index < -0.39 is 11.5 Å². The lowest BCUT2D eigenvalue weighted by Gasteiger charge is -2.23. The number of benzene rings is 3. The van der Waals surface area contributed by atoms with Crippen molar-refractivity contribution < 1.29 is 13.9 Å². The van der Waals surface area contributed by atoms with Crippen molar-refractivity contribution in [3.8, 4) is 5.75 Å². The molecule has 0 saturated carbocycles. The number of fused-ring (bicyclic) bond motifs is 1. The maximum absolute atomic E-state index is 13.4. The summed E-state index contributed by atoms with van der Waals surface area (Å²) < 4.78 is 10.6. The second kappa shape index (κ2) is 8.02. The molecule has 1 aromatic heterocycles. The van der Waals surface area contributed by atoms with Gasteiger partial charge in [0, 0.05) is 11.1 Å². The van der Waals surface area contributed by atoms with E-state index in [1.807, 2.05) is 66.7 Å². The zero-order valence-electron chi connectivity index (χ0n) is 15.9. The molecule has 0 aliphatic carbocycles. The Hall–Kier alpha value is -3.86. The predicted octanol–water partition coefficient (Wildman–Crippen LogP) is 4.65. The monoisotopic (exact) mass is 385 g/mol. The zero-order chi connectivity index (χ0) is 20.2. The molecule has 4 rings (SSSR count). The molecular formula is C24H19NO4. The highest BCUT2D eigenvalue weighted by Crippen LogP contribution is 2.22. The Morgan fingerprint density at radius 1 is 0.931 bits per heavy atom. The van der Waals surface area contributed by atoms with Gasteiger partial charge in [0.15, 0.2) is 0 Å². The van der Waals surface area contributed by atoms with Crippen LogP contribution in [-0.2, 0) is 6.54 Å². The summed E-state index contributed by atoms with van der Waals surface area (Å²) in [6.45, 7) is 0.284. The minimum Gasteiger partial charge on any atom is -0.497 e. The summed E-state index contributed by atoms with van der Waals surface area (Å²) in [7, 11) is 1.60. The van der Waals surface area contributed by atoms with Crippen LogP contribution in [0.4, 0.5) is 5.69 Å². The number of anilines is 1. The van der Waals surface area contributed by atoms with E-state index in [1.54, 1.807) is 30.2 Å². The number of carbonyl (C=O) groups is 1. The van der Waals surface area contributed by atoms with E-state index in [0.29, 0.717) is 22.4 Å². The number of carbonyl (C=O) groups excluding carboxylic acids is 1. The number of nitrogens with zero attached hydrogens (tertiary/aromatic N) is 1. The van der Waals surface area contributed by atoms with Gasteiger partial charge in [0.05, 0.1) is 13.7 Å². The highest BCUT2D eigenvalue weighted by molar-refractivity contribution is 6.07. The number of hydrogen-bond acceptors (Lipinski definition) is 4. The van der Waals surface area contributed by atoms with Crippen molar-refractivity contribution in [2.45, 2.75) is 6.54 Å². The summed E-state index contributed by atoms with van der Waals surface area (Å²) in [5.74, 6) is 0.284. The molecule has 0 unspecified atom stereocenters. The van der Waals surface area contributed by atoms with Crippen LogP contribution in [0, 0.1) is 0 Å². The number of ether oxygens (including phenoxy) is 1. The molecule has 0 bridgehead atoms. The molecule has 0 radical (unpaired) electrons. The summed E-state index contributed by atoms with van der Waals surface area (Å²) in [6.07, 6.45) is 0. The summed E-state index contributed by atoms with van der Waals surface area (Å²) in [5, 5.41) is 0.699. The van der Waals surface area contributed by atoms with Gasteiger partial charge < -0.3 is 14.1 Å². The molecule has 0 atom stereocenters. The summed E-state index contributed by atoms with van der Waals surface area (Å²) in [4.78, 5) is 27.5. The molecule has 144 valence electrons. The second-order valence-electron chi connectivity index (χ2n) is 6.56. The third-order valence-electron chi connectivity index (χ3n) is 4.66. The van der Waals surface area contributed by atoms with Crippen LogP contribution in [0.5, 0.6) is 5.75 Å². The van der Waals surface area contributed by atoms with Crippen molar-refractivity contribution in [3.05, 3.63) is 106 Å². The first-order valence-electron chi connectivity index (χ1n) is 9.18. The molecule has 5 nitrogen and oxygen atoms in total. The molecule has 29 heavy (non-hydrogen) atoms. The minimum atomic E-state index is -0.653. The number of methoxy groups -OCH3 is 1. The maximum Gasteiger partial charge on any atom is 0.349 e. The lowest BCUT2D eigenvalue weighted by atomic mass is 10.1. The first-order valence-corrected chi connectivity index (χ1v) is 9.18. The SMILES string of the molecule is COc1cccc(CN(C(=O)c2cc3ccccc3oc2=O)c2ccccc2)c1. The van der Waals surface area contributed by atoms with Crippen LogP contribution in [0.15, 0.2) is 94.1 Å². The Morgan fingerprint density at radius 2 is 1.69 bits per heavy atom. The normalized spacial score (nSPS) is 10.7. The topological polar surface area (TPSA) is 59.8 Å². The maximum atomic E-state index is 13.4.